The summed E-state index contributed by atoms with van der Waals surface area (Å²) in [6.07, 6.45) is 2.97. The highest BCUT2D eigenvalue weighted by molar-refractivity contribution is 5.92. The predicted molar refractivity (Wildman–Crippen MR) is 58.1 cm³/mol. The molecule has 1 amide bonds. The number of carbonyl (C=O) groups is 1. The highest BCUT2D eigenvalue weighted by Crippen LogP contribution is 2.21. The van der Waals surface area contributed by atoms with Gasteiger partial charge in [0.25, 0.3) is 0 Å². The van der Waals surface area contributed by atoms with Crippen LogP contribution in [-0.2, 0) is 9.53 Å². The van der Waals surface area contributed by atoms with Gasteiger partial charge in [0.15, 0.2) is 11.6 Å². The van der Waals surface area contributed by atoms with Gasteiger partial charge < -0.3 is 15.2 Å². The Kier molecular flexibility index (Phi) is 3.36. The molecular formula is C11H14N2O3. The molecule has 0 radical (unpaired) electrons. The number of amides is 1. The Hall–Kier alpha value is -1.62. The summed E-state index contributed by atoms with van der Waals surface area (Å²) >= 11 is 0. The van der Waals surface area contributed by atoms with E-state index in [1.807, 2.05) is 0 Å². The van der Waals surface area contributed by atoms with E-state index in [4.69, 9.17) is 4.74 Å². The number of nitrogens with one attached hydrogen (secondary N) is 1. The van der Waals surface area contributed by atoms with Crippen LogP contribution in [0, 0.1) is 5.92 Å². The lowest BCUT2D eigenvalue weighted by molar-refractivity contribution is -0.122. The number of aromatic nitrogens is 1. The lowest BCUT2D eigenvalue weighted by atomic mass is 9.99. The SMILES string of the molecule is O=C(Nc1ncccc1O)C1CCOCC1. The molecule has 0 unspecified atom stereocenters. The van der Waals surface area contributed by atoms with Gasteiger partial charge in [0.2, 0.25) is 5.91 Å². The van der Waals surface area contributed by atoms with Crippen LogP contribution in [0.5, 0.6) is 5.75 Å². The topological polar surface area (TPSA) is 71.5 Å². The number of aromatic hydroxyl groups is 1. The lowest BCUT2D eigenvalue weighted by Crippen LogP contribution is -2.28. The number of carbonyl (C=O) groups excluding carboxylic acids is 1. The van der Waals surface area contributed by atoms with Crippen molar-refractivity contribution in [1.29, 1.82) is 0 Å². The van der Waals surface area contributed by atoms with Crippen LogP contribution < -0.4 is 5.32 Å². The molecule has 0 aromatic carbocycles. The molecule has 1 aliphatic rings. The molecule has 0 atom stereocenters. The van der Waals surface area contributed by atoms with Gasteiger partial charge in [0.1, 0.15) is 0 Å². The molecular weight excluding hydrogens is 208 g/mol. The Balaban J connectivity index is 1.99. The maximum Gasteiger partial charge on any atom is 0.228 e. The van der Waals surface area contributed by atoms with Gasteiger partial charge in [-0.1, -0.05) is 0 Å². The molecule has 2 rings (SSSR count). The summed E-state index contributed by atoms with van der Waals surface area (Å²) in [7, 11) is 0. The minimum Gasteiger partial charge on any atom is -0.504 e. The highest BCUT2D eigenvalue weighted by Gasteiger charge is 2.22. The van der Waals surface area contributed by atoms with Crippen LogP contribution in [0.3, 0.4) is 0 Å². The number of nitrogens with zero attached hydrogens (tertiary/aromatic N) is 1. The number of rotatable bonds is 2. The molecule has 1 aliphatic heterocycles. The van der Waals surface area contributed by atoms with Crippen molar-refractivity contribution in [2.75, 3.05) is 18.5 Å². The molecule has 2 N–H and O–H groups in total. The summed E-state index contributed by atoms with van der Waals surface area (Å²) in [5.41, 5.74) is 0. The molecule has 1 aromatic heterocycles. The average molecular weight is 222 g/mol. The standard InChI is InChI=1S/C11H14N2O3/c14-9-2-1-5-12-10(9)13-11(15)8-3-6-16-7-4-8/h1-2,5,8,14H,3-4,6-7H2,(H,12,13,15). The summed E-state index contributed by atoms with van der Waals surface area (Å²) in [5.74, 6) is 0.0642. The molecule has 0 bridgehead atoms. The third-order valence-corrected chi connectivity index (χ3v) is 2.62. The zero-order valence-corrected chi connectivity index (χ0v) is 8.85. The fourth-order valence-corrected chi connectivity index (χ4v) is 1.67. The first-order valence-electron chi connectivity index (χ1n) is 5.30. The molecule has 1 saturated heterocycles. The second-order valence-electron chi connectivity index (χ2n) is 3.75. The van der Waals surface area contributed by atoms with Crippen molar-refractivity contribution in [3.05, 3.63) is 18.3 Å². The van der Waals surface area contributed by atoms with E-state index in [2.05, 4.69) is 10.3 Å². The summed E-state index contributed by atoms with van der Waals surface area (Å²) in [4.78, 5) is 15.7. The monoisotopic (exact) mass is 222 g/mol. The minimum absolute atomic E-state index is 0.0112. The number of hydrogen-bond donors (Lipinski definition) is 2. The molecule has 5 nitrogen and oxygen atoms in total. The molecule has 5 heteroatoms. The first-order chi connectivity index (χ1) is 7.77. The second kappa shape index (κ2) is 4.94. The third-order valence-electron chi connectivity index (χ3n) is 2.62. The van der Waals surface area contributed by atoms with E-state index < -0.39 is 0 Å². The van der Waals surface area contributed by atoms with E-state index in [0.29, 0.717) is 13.2 Å². The second-order valence-corrected chi connectivity index (χ2v) is 3.75. The fraction of sp³-hybridized carbons (Fsp3) is 0.455. The third kappa shape index (κ3) is 2.49. The summed E-state index contributed by atoms with van der Waals surface area (Å²) in [6, 6.07) is 3.10. The molecule has 86 valence electrons. The van der Waals surface area contributed by atoms with E-state index in [1.165, 1.54) is 12.3 Å². The van der Waals surface area contributed by atoms with E-state index >= 15 is 0 Å². The number of ether oxygens (including phenoxy) is 1. The zero-order valence-electron chi connectivity index (χ0n) is 8.85. The molecule has 2 heterocycles. The van der Waals surface area contributed by atoms with Gasteiger partial charge in [-0.15, -0.1) is 0 Å². The van der Waals surface area contributed by atoms with Gasteiger partial charge in [-0.05, 0) is 25.0 Å². The van der Waals surface area contributed by atoms with Crippen LogP contribution in [0.2, 0.25) is 0 Å². The fourth-order valence-electron chi connectivity index (χ4n) is 1.67. The van der Waals surface area contributed by atoms with Crippen molar-refractivity contribution in [3.63, 3.8) is 0 Å². The first kappa shape index (κ1) is 10.9. The molecule has 1 aromatic rings. The maximum atomic E-state index is 11.8. The Labute approximate surface area is 93.5 Å². The van der Waals surface area contributed by atoms with Crippen LogP contribution >= 0.6 is 0 Å². The van der Waals surface area contributed by atoms with Gasteiger partial charge in [-0.25, -0.2) is 4.98 Å². The van der Waals surface area contributed by atoms with Crippen molar-refractivity contribution >= 4 is 11.7 Å². The first-order valence-corrected chi connectivity index (χ1v) is 5.30. The Morgan fingerprint density at radius 2 is 2.25 bits per heavy atom. The van der Waals surface area contributed by atoms with Crippen molar-refractivity contribution < 1.29 is 14.6 Å². The smallest absolute Gasteiger partial charge is 0.228 e. The van der Waals surface area contributed by atoms with E-state index in [0.717, 1.165) is 12.8 Å². The molecule has 0 aliphatic carbocycles. The van der Waals surface area contributed by atoms with Crippen LogP contribution in [0.25, 0.3) is 0 Å². The van der Waals surface area contributed by atoms with E-state index in [-0.39, 0.29) is 23.4 Å². The van der Waals surface area contributed by atoms with Gasteiger partial charge in [0.05, 0.1) is 0 Å². The summed E-state index contributed by atoms with van der Waals surface area (Å²) < 4.78 is 5.18. The quantitative estimate of drug-likeness (QED) is 0.787. The lowest BCUT2D eigenvalue weighted by Gasteiger charge is -2.21. The zero-order chi connectivity index (χ0) is 11.4. The molecule has 0 saturated carbocycles. The van der Waals surface area contributed by atoms with Crippen LogP contribution in [0.1, 0.15) is 12.8 Å². The van der Waals surface area contributed by atoms with Crippen molar-refractivity contribution in [2.45, 2.75) is 12.8 Å². The van der Waals surface area contributed by atoms with Gasteiger partial charge in [-0.2, -0.15) is 0 Å². The maximum absolute atomic E-state index is 11.8. The normalized spacial score (nSPS) is 17.0. The van der Waals surface area contributed by atoms with Gasteiger partial charge in [0, 0.05) is 25.3 Å². The van der Waals surface area contributed by atoms with Gasteiger partial charge in [-0.3, -0.25) is 4.79 Å². The number of hydrogen-bond acceptors (Lipinski definition) is 4. The average Bonchev–Trinajstić information content (AvgIpc) is 2.33. The van der Waals surface area contributed by atoms with Crippen LogP contribution in [-0.4, -0.2) is 29.2 Å². The Bertz CT molecular complexity index is 375. The molecule has 0 spiro atoms. The summed E-state index contributed by atoms with van der Waals surface area (Å²) in [6.45, 7) is 1.23. The van der Waals surface area contributed by atoms with Crippen molar-refractivity contribution in [1.82, 2.24) is 4.98 Å². The highest BCUT2D eigenvalue weighted by atomic mass is 16.5. The van der Waals surface area contributed by atoms with Crippen molar-refractivity contribution in [3.8, 4) is 5.75 Å². The summed E-state index contributed by atoms with van der Waals surface area (Å²) in [5, 5.41) is 12.1. The van der Waals surface area contributed by atoms with Gasteiger partial charge >= 0.3 is 0 Å². The largest absolute Gasteiger partial charge is 0.504 e. The molecule has 16 heavy (non-hydrogen) atoms. The number of pyridine rings is 1. The Morgan fingerprint density at radius 3 is 2.94 bits per heavy atom. The van der Waals surface area contributed by atoms with Crippen molar-refractivity contribution in [2.24, 2.45) is 5.92 Å². The molecule has 1 fully saturated rings. The Morgan fingerprint density at radius 1 is 1.50 bits per heavy atom. The van der Waals surface area contributed by atoms with Crippen LogP contribution in [0.15, 0.2) is 18.3 Å². The minimum atomic E-state index is -0.0997. The predicted octanol–water partition coefficient (Wildman–Crippen LogP) is 1.15. The van der Waals surface area contributed by atoms with E-state index in [1.54, 1.807) is 6.07 Å². The van der Waals surface area contributed by atoms with Crippen LogP contribution in [0.4, 0.5) is 5.82 Å². The van der Waals surface area contributed by atoms with E-state index in [9.17, 15) is 9.90 Å². The number of anilines is 1.